The molecule has 0 aromatic heterocycles. The SMILES string of the molecule is BC(=O)CNC(=O)[C@@H](N)CCCCNO. The summed E-state index contributed by atoms with van der Waals surface area (Å²) in [6.45, 7) is 0.520. The van der Waals surface area contributed by atoms with Gasteiger partial charge in [0.25, 0.3) is 0 Å². The van der Waals surface area contributed by atoms with Gasteiger partial charge >= 0.3 is 0 Å². The number of carbonyl (C=O) groups excluding carboxylic acids is 2. The Kier molecular flexibility index (Phi) is 7.89. The van der Waals surface area contributed by atoms with E-state index in [1.165, 1.54) is 7.85 Å². The molecule has 0 radical (unpaired) electrons. The van der Waals surface area contributed by atoms with E-state index < -0.39 is 6.04 Å². The molecular formula is C8H18BN3O3. The summed E-state index contributed by atoms with van der Waals surface area (Å²) in [4.78, 5) is 21.8. The molecule has 6 nitrogen and oxygen atoms in total. The van der Waals surface area contributed by atoms with E-state index in [4.69, 9.17) is 10.9 Å². The highest BCUT2D eigenvalue weighted by molar-refractivity contribution is 6.58. The molecule has 0 saturated heterocycles. The average Bonchev–Trinajstić information content (AvgIpc) is 2.20. The van der Waals surface area contributed by atoms with Gasteiger partial charge in [-0.1, -0.05) is 6.42 Å². The predicted octanol–water partition coefficient (Wildman–Crippen LogP) is -2.26. The van der Waals surface area contributed by atoms with E-state index >= 15 is 0 Å². The zero-order valence-corrected chi connectivity index (χ0v) is 8.95. The molecule has 7 heteroatoms. The average molecular weight is 215 g/mol. The molecule has 1 amide bonds. The molecule has 0 rings (SSSR count). The Balaban J connectivity index is 3.55. The van der Waals surface area contributed by atoms with Gasteiger partial charge in [-0.15, -0.1) is 0 Å². The standard InChI is InChI=1S/C8H18BN3O3/c9-7(13)5-11-8(14)6(10)3-1-2-4-12-15/h6,12,15H,1-5,9-10H2,(H,11,14)/t6-/m0/s1. The third kappa shape index (κ3) is 8.10. The summed E-state index contributed by atoms with van der Waals surface area (Å²) in [6, 6.07) is -0.581. The largest absolute Gasteiger partial charge is 0.349 e. The lowest BCUT2D eigenvalue weighted by Gasteiger charge is -2.10. The van der Waals surface area contributed by atoms with Crippen LogP contribution in [0.15, 0.2) is 0 Å². The molecule has 0 bridgehead atoms. The monoisotopic (exact) mass is 215 g/mol. The lowest BCUT2D eigenvalue weighted by molar-refractivity contribution is -0.124. The minimum absolute atomic E-state index is 0.0325. The van der Waals surface area contributed by atoms with Crippen LogP contribution >= 0.6 is 0 Å². The van der Waals surface area contributed by atoms with Crippen molar-refractivity contribution in [2.45, 2.75) is 25.3 Å². The van der Waals surface area contributed by atoms with Crippen molar-refractivity contribution in [3.8, 4) is 0 Å². The van der Waals surface area contributed by atoms with Crippen molar-refractivity contribution in [2.24, 2.45) is 5.73 Å². The summed E-state index contributed by atoms with van der Waals surface area (Å²) in [5.41, 5.74) is 7.51. The number of nitrogens with two attached hydrogens (primary N) is 1. The van der Waals surface area contributed by atoms with Crippen LogP contribution in [0, 0.1) is 0 Å². The Morgan fingerprint density at radius 3 is 2.60 bits per heavy atom. The van der Waals surface area contributed by atoms with Gasteiger partial charge in [-0.05, 0) is 12.8 Å². The van der Waals surface area contributed by atoms with E-state index in [2.05, 4.69) is 5.32 Å². The van der Waals surface area contributed by atoms with Crippen LogP contribution in [0.25, 0.3) is 0 Å². The van der Waals surface area contributed by atoms with Crippen LogP contribution in [0.5, 0.6) is 0 Å². The van der Waals surface area contributed by atoms with Gasteiger partial charge in [0.1, 0.15) is 5.68 Å². The van der Waals surface area contributed by atoms with Crippen LogP contribution in [0.4, 0.5) is 0 Å². The fourth-order valence-electron chi connectivity index (χ4n) is 1.04. The molecule has 0 aromatic rings. The molecule has 15 heavy (non-hydrogen) atoms. The van der Waals surface area contributed by atoms with E-state index in [-0.39, 0.29) is 18.1 Å². The van der Waals surface area contributed by atoms with Gasteiger partial charge in [-0.3, -0.25) is 4.79 Å². The van der Waals surface area contributed by atoms with Crippen LogP contribution in [0.2, 0.25) is 0 Å². The van der Waals surface area contributed by atoms with Crippen LogP contribution in [0.3, 0.4) is 0 Å². The van der Waals surface area contributed by atoms with E-state index in [9.17, 15) is 9.59 Å². The van der Waals surface area contributed by atoms with Crippen LogP contribution < -0.4 is 16.5 Å². The first-order chi connectivity index (χ1) is 7.07. The lowest BCUT2D eigenvalue weighted by Crippen LogP contribution is -2.42. The third-order valence-electron chi connectivity index (χ3n) is 1.90. The molecule has 86 valence electrons. The first kappa shape index (κ1) is 14.1. The molecule has 0 heterocycles. The molecule has 0 spiro atoms. The second-order valence-corrected chi connectivity index (χ2v) is 3.43. The molecule has 1 atom stereocenters. The molecule has 0 saturated carbocycles. The first-order valence-corrected chi connectivity index (χ1v) is 4.97. The molecule has 0 fully saturated rings. The number of rotatable bonds is 8. The molecule has 0 aliphatic carbocycles. The number of hydroxylamine groups is 1. The van der Waals surface area contributed by atoms with Crippen LogP contribution in [-0.4, -0.2) is 43.8 Å². The molecule has 0 aromatic carbocycles. The van der Waals surface area contributed by atoms with Gasteiger partial charge in [-0.25, -0.2) is 5.48 Å². The summed E-state index contributed by atoms with van der Waals surface area (Å²) in [5, 5.41) is 10.7. The van der Waals surface area contributed by atoms with Crippen molar-refractivity contribution in [3.63, 3.8) is 0 Å². The summed E-state index contributed by atoms with van der Waals surface area (Å²) >= 11 is 0. The zero-order valence-electron chi connectivity index (χ0n) is 8.95. The lowest BCUT2D eigenvalue weighted by atomic mass is 10.0. The number of hydrogen-bond acceptors (Lipinski definition) is 5. The van der Waals surface area contributed by atoms with Gasteiger partial charge in [0.05, 0.1) is 12.6 Å². The van der Waals surface area contributed by atoms with Gasteiger partial charge in [0.2, 0.25) is 5.91 Å². The second kappa shape index (κ2) is 8.40. The van der Waals surface area contributed by atoms with Crippen molar-refractivity contribution in [2.75, 3.05) is 13.1 Å². The first-order valence-electron chi connectivity index (χ1n) is 4.97. The van der Waals surface area contributed by atoms with Gasteiger partial charge in [0.15, 0.2) is 7.85 Å². The number of amides is 1. The highest BCUT2D eigenvalue weighted by Crippen LogP contribution is 1.98. The number of nitrogens with one attached hydrogen (secondary N) is 2. The van der Waals surface area contributed by atoms with Crippen molar-refractivity contribution < 1.29 is 14.8 Å². The quantitative estimate of drug-likeness (QED) is 0.208. The predicted molar refractivity (Wildman–Crippen MR) is 58.2 cm³/mol. The fraction of sp³-hybridized carbons (Fsp3) is 0.750. The van der Waals surface area contributed by atoms with Gasteiger partial charge < -0.3 is 21.1 Å². The summed E-state index contributed by atoms with van der Waals surface area (Å²) in [7, 11) is 1.40. The smallest absolute Gasteiger partial charge is 0.237 e. The maximum atomic E-state index is 11.3. The zero-order chi connectivity index (χ0) is 11.7. The number of unbranched alkanes of at least 4 members (excludes halogenated alkanes) is 1. The maximum Gasteiger partial charge on any atom is 0.237 e. The molecule has 0 aliphatic rings. The second-order valence-electron chi connectivity index (χ2n) is 3.43. The normalized spacial score (nSPS) is 12.1. The van der Waals surface area contributed by atoms with E-state index in [1.807, 2.05) is 5.48 Å². The summed E-state index contributed by atoms with van der Waals surface area (Å²) in [5.74, 6) is -0.304. The Morgan fingerprint density at radius 1 is 1.40 bits per heavy atom. The Hall–Kier alpha value is -0.915. The van der Waals surface area contributed by atoms with Crippen molar-refractivity contribution in [3.05, 3.63) is 0 Å². The summed E-state index contributed by atoms with van der Waals surface area (Å²) in [6.07, 6.45) is 2.05. The van der Waals surface area contributed by atoms with Crippen molar-refractivity contribution in [1.82, 2.24) is 10.8 Å². The molecule has 5 N–H and O–H groups in total. The Morgan fingerprint density at radius 2 is 2.07 bits per heavy atom. The van der Waals surface area contributed by atoms with E-state index in [0.717, 1.165) is 12.8 Å². The highest BCUT2D eigenvalue weighted by Gasteiger charge is 2.12. The topological polar surface area (TPSA) is 104 Å². The minimum Gasteiger partial charge on any atom is -0.349 e. The van der Waals surface area contributed by atoms with Gasteiger partial charge in [-0.2, -0.15) is 0 Å². The minimum atomic E-state index is -0.581. The molecular weight excluding hydrogens is 197 g/mol. The maximum absolute atomic E-state index is 11.3. The van der Waals surface area contributed by atoms with Crippen molar-refractivity contribution >= 4 is 19.4 Å². The molecule has 0 unspecified atom stereocenters. The Labute approximate surface area is 90.0 Å². The third-order valence-corrected chi connectivity index (χ3v) is 1.90. The fourth-order valence-corrected chi connectivity index (χ4v) is 1.04. The molecule has 0 aliphatic heterocycles. The summed E-state index contributed by atoms with van der Waals surface area (Å²) < 4.78 is 0. The van der Waals surface area contributed by atoms with E-state index in [1.54, 1.807) is 0 Å². The Bertz CT molecular complexity index is 213. The van der Waals surface area contributed by atoms with Crippen LogP contribution in [-0.2, 0) is 9.59 Å². The van der Waals surface area contributed by atoms with E-state index in [0.29, 0.717) is 13.0 Å². The highest BCUT2D eigenvalue weighted by atomic mass is 16.5. The number of hydrogen-bond donors (Lipinski definition) is 4. The van der Waals surface area contributed by atoms with Crippen LogP contribution in [0.1, 0.15) is 19.3 Å². The number of carbonyl (C=O) groups is 2. The van der Waals surface area contributed by atoms with Gasteiger partial charge in [0, 0.05) is 6.54 Å². The van der Waals surface area contributed by atoms with Crippen molar-refractivity contribution in [1.29, 1.82) is 0 Å².